The van der Waals surface area contributed by atoms with Crippen LogP contribution >= 0.6 is 0 Å². The van der Waals surface area contributed by atoms with Crippen LogP contribution in [0.4, 0.5) is 17.1 Å². The number of anilines is 3. The van der Waals surface area contributed by atoms with Gasteiger partial charge in [0.25, 0.3) is 0 Å². The van der Waals surface area contributed by atoms with Crippen LogP contribution < -0.4 is 16.6 Å². The first-order valence-corrected chi connectivity index (χ1v) is 4.92. The van der Waals surface area contributed by atoms with Gasteiger partial charge in [-0.1, -0.05) is 24.3 Å². The normalized spacial score (nSPS) is 9.75. The maximum atomic E-state index is 9.52. The van der Waals surface area contributed by atoms with E-state index >= 15 is 0 Å². The van der Waals surface area contributed by atoms with E-state index in [0.717, 1.165) is 5.69 Å². The molecule has 0 aromatic heterocycles. The van der Waals surface area contributed by atoms with Crippen molar-refractivity contribution in [3.8, 4) is 5.75 Å². The number of para-hydroxylation sites is 4. The van der Waals surface area contributed by atoms with Gasteiger partial charge in [0.1, 0.15) is 5.75 Å². The minimum atomic E-state index is 0.185. The lowest BCUT2D eigenvalue weighted by atomic mass is 10.3. The second kappa shape index (κ2) is 4.44. The molecule has 0 spiro atoms. The van der Waals surface area contributed by atoms with Crippen LogP contribution in [0.3, 0.4) is 0 Å². The van der Waals surface area contributed by atoms with Crippen LogP contribution in [0.15, 0.2) is 48.5 Å². The Morgan fingerprint density at radius 2 is 1.38 bits per heavy atom. The van der Waals surface area contributed by atoms with E-state index in [1.165, 1.54) is 0 Å². The van der Waals surface area contributed by atoms with Crippen molar-refractivity contribution in [3.05, 3.63) is 48.5 Å². The van der Waals surface area contributed by atoms with Crippen LogP contribution in [0.25, 0.3) is 0 Å². The molecule has 0 heterocycles. The molecule has 0 fully saturated rings. The average Bonchev–Trinajstić information content (AvgIpc) is 2.30. The number of aromatic hydroxyl groups is 1. The Morgan fingerprint density at radius 3 is 2.06 bits per heavy atom. The van der Waals surface area contributed by atoms with E-state index in [1.54, 1.807) is 24.3 Å². The minimum Gasteiger partial charge on any atom is -0.506 e. The molecule has 0 atom stereocenters. The van der Waals surface area contributed by atoms with Crippen LogP contribution in [-0.2, 0) is 0 Å². The molecule has 0 aliphatic carbocycles. The number of nitrogens with one attached hydrogen (secondary N) is 2. The van der Waals surface area contributed by atoms with E-state index in [4.69, 9.17) is 5.73 Å². The quantitative estimate of drug-likeness (QED) is 0.360. The van der Waals surface area contributed by atoms with Crippen LogP contribution in [0.5, 0.6) is 5.75 Å². The molecule has 5 N–H and O–H groups in total. The number of rotatable bonds is 3. The summed E-state index contributed by atoms with van der Waals surface area (Å²) in [4.78, 5) is 0. The smallest absolute Gasteiger partial charge is 0.140 e. The number of phenols is 1. The molecule has 0 amide bonds. The van der Waals surface area contributed by atoms with Crippen LogP contribution in [0.2, 0.25) is 0 Å². The zero-order valence-electron chi connectivity index (χ0n) is 8.64. The molecule has 0 saturated heterocycles. The highest BCUT2D eigenvalue weighted by Gasteiger charge is 1.99. The number of nitrogen functional groups attached to an aromatic ring is 1. The fourth-order valence-corrected chi connectivity index (χ4v) is 1.32. The van der Waals surface area contributed by atoms with Crippen LogP contribution in [0, 0.1) is 0 Å². The van der Waals surface area contributed by atoms with Crippen molar-refractivity contribution in [1.82, 2.24) is 0 Å². The number of nitrogens with two attached hydrogens (primary N) is 1. The lowest BCUT2D eigenvalue weighted by molar-refractivity contribution is 0.477. The van der Waals surface area contributed by atoms with E-state index < -0.39 is 0 Å². The average molecular weight is 215 g/mol. The molecule has 2 aromatic carbocycles. The van der Waals surface area contributed by atoms with Gasteiger partial charge in [0.15, 0.2) is 0 Å². The summed E-state index contributed by atoms with van der Waals surface area (Å²) < 4.78 is 0. The van der Waals surface area contributed by atoms with Crippen molar-refractivity contribution in [3.63, 3.8) is 0 Å². The fraction of sp³-hybridized carbons (Fsp3) is 0. The predicted octanol–water partition coefficient (Wildman–Crippen LogP) is 2.41. The summed E-state index contributed by atoms with van der Waals surface area (Å²) in [6.07, 6.45) is 0. The largest absolute Gasteiger partial charge is 0.506 e. The maximum Gasteiger partial charge on any atom is 0.140 e. The summed E-state index contributed by atoms with van der Waals surface area (Å²) in [6, 6.07) is 14.4. The number of hydrogen-bond acceptors (Lipinski definition) is 4. The van der Waals surface area contributed by atoms with Crippen LogP contribution in [0.1, 0.15) is 0 Å². The Kier molecular flexibility index (Phi) is 2.82. The highest BCUT2D eigenvalue weighted by molar-refractivity contribution is 5.69. The molecule has 2 aromatic rings. The Hall–Kier alpha value is -2.36. The van der Waals surface area contributed by atoms with Crippen LogP contribution in [-0.4, -0.2) is 5.11 Å². The molecule has 4 nitrogen and oxygen atoms in total. The summed E-state index contributed by atoms with van der Waals surface area (Å²) in [5, 5.41) is 9.52. The summed E-state index contributed by atoms with van der Waals surface area (Å²) in [5.74, 6) is 0.185. The van der Waals surface area contributed by atoms with Gasteiger partial charge in [-0.2, -0.15) is 0 Å². The standard InChI is InChI=1S/C12H13N3O/c13-9-5-1-2-6-10(9)14-15-11-7-3-4-8-12(11)16/h1-8,14-16H,13H2. The highest BCUT2D eigenvalue weighted by atomic mass is 16.3. The molecule has 0 aliphatic rings. The zero-order chi connectivity index (χ0) is 11.4. The van der Waals surface area contributed by atoms with Crippen molar-refractivity contribution in [2.75, 3.05) is 16.6 Å². The second-order valence-corrected chi connectivity index (χ2v) is 3.35. The Bertz CT molecular complexity index is 440. The van der Waals surface area contributed by atoms with E-state index in [0.29, 0.717) is 11.4 Å². The third-order valence-electron chi connectivity index (χ3n) is 2.20. The zero-order valence-corrected chi connectivity index (χ0v) is 8.64. The van der Waals surface area contributed by atoms with Crippen molar-refractivity contribution in [2.45, 2.75) is 0 Å². The van der Waals surface area contributed by atoms with Gasteiger partial charge in [-0.15, -0.1) is 0 Å². The number of phenolic OH excluding ortho intramolecular Hbond substituents is 1. The third kappa shape index (κ3) is 2.17. The topological polar surface area (TPSA) is 70.3 Å². The lowest BCUT2D eigenvalue weighted by Crippen LogP contribution is -2.10. The minimum absolute atomic E-state index is 0.185. The van der Waals surface area contributed by atoms with Crippen molar-refractivity contribution < 1.29 is 5.11 Å². The van der Waals surface area contributed by atoms with Gasteiger partial charge in [0.2, 0.25) is 0 Å². The molecule has 0 saturated carbocycles. The molecule has 2 rings (SSSR count). The first-order valence-electron chi connectivity index (χ1n) is 4.92. The first kappa shape index (κ1) is 10.2. The van der Waals surface area contributed by atoms with Gasteiger partial charge in [0.05, 0.1) is 17.1 Å². The molecule has 16 heavy (non-hydrogen) atoms. The SMILES string of the molecule is Nc1ccccc1NNc1ccccc1O. The third-order valence-corrected chi connectivity index (χ3v) is 2.20. The predicted molar refractivity (Wildman–Crippen MR) is 66.2 cm³/mol. The summed E-state index contributed by atoms with van der Waals surface area (Å²) >= 11 is 0. The Balaban J connectivity index is 2.09. The van der Waals surface area contributed by atoms with Crippen molar-refractivity contribution in [2.24, 2.45) is 0 Å². The summed E-state index contributed by atoms with van der Waals surface area (Å²) in [7, 11) is 0. The molecule has 0 bridgehead atoms. The van der Waals surface area contributed by atoms with Gasteiger partial charge in [-0.25, -0.2) is 0 Å². The van der Waals surface area contributed by atoms with Gasteiger partial charge in [-0.05, 0) is 24.3 Å². The molecule has 0 radical (unpaired) electrons. The monoisotopic (exact) mass is 215 g/mol. The van der Waals surface area contributed by atoms with Crippen molar-refractivity contribution >= 4 is 17.1 Å². The molecule has 82 valence electrons. The summed E-state index contributed by atoms with van der Waals surface area (Å²) in [5.41, 5.74) is 13.6. The number of hydrazine groups is 1. The second-order valence-electron chi connectivity index (χ2n) is 3.35. The molecular weight excluding hydrogens is 202 g/mol. The molecule has 0 aliphatic heterocycles. The van der Waals surface area contributed by atoms with Gasteiger partial charge in [-0.3, -0.25) is 10.9 Å². The highest BCUT2D eigenvalue weighted by Crippen LogP contribution is 2.23. The lowest BCUT2D eigenvalue weighted by Gasteiger charge is -2.12. The van der Waals surface area contributed by atoms with Gasteiger partial charge >= 0.3 is 0 Å². The first-order chi connectivity index (χ1) is 7.77. The van der Waals surface area contributed by atoms with Gasteiger partial charge in [0, 0.05) is 0 Å². The van der Waals surface area contributed by atoms with Gasteiger partial charge < -0.3 is 10.8 Å². The summed E-state index contributed by atoms with van der Waals surface area (Å²) in [6.45, 7) is 0. The van der Waals surface area contributed by atoms with Crippen molar-refractivity contribution in [1.29, 1.82) is 0 Å². The maximum absolute atomic E-state index is 9.52. The molecule has 4 heteroatoms. The number of hydrogen-bond donors (Lipinski definition) is 4. The Morgan fingerprint density at radius 1 is 0.812 bits per heavy atom. The fourth-order valence-electron chi connectivity index (χ4n) is 1.32. The van der Waals surface area contributed by atoms with E-state index in [9.17, 15) is 5.11 Å². The van der Waals surface area contributed by atoms with E-state index in [-0.39, 0.29) is 5.75 Å². The van der Waals surface area contributed by atoms with E-state index in [2.05, 4.69) is 10.9 Å². The van der Waals surface area contributed by atoms with E-state index in [1.807, 2.05) is 24.3 Å². The molecule has 0 unspecified atom stereocenters. The number of benzene rings is 2. The molecular formula is C12H13N3O. The Labute approximate surface area is 93.7 Å².